The number of hydrogen-bond donors (Lipinski definition) is 1. The Kier molecular flexibility index (Phi) is 6.81. The van der Waals surface area contributed by atoms with E-state index in [9.17, 15) is 13.7 Å². The highest BCUT2D eigenvalue weighted by molar-refractivity contribution is 8.12. The van der Waals surface area contributed by atoms with Crippen LogP contribution in [-0.2, 0) is 10.0 Å². The highest BCUT2D eigenvalue weighted by Crippen LogP contribution is 2.42. The van der Waals surface area contributed by atoms with Crippen LogP contribution in [0.4, 0.5) is 0 Å². The van der Waals surface area contributed by atoms with Crippen LogP contribution in [0.3, 0.4) is 0 Å². The van der Waals surface area contributed by atoms with E-state index in [-0.39, 0.29) is 5.56 Å². The molecule has 4 rings (SSSR count). The predicted molar refractivity (Wildman–Crippen MR) is 132 cm³/mol. The SMILES string of the molecule is COc1ccc(-c2cc(-c3cccs3)nc(SC(c3ccccc3)S(N)(=O)=O)c2C#N)cc1. The fourth-order valence-corrected chi connectivity index (χ4v) is 6.25. The van der Waals surface area contributed by atoms with Gasteiger partial charge in [-0.3, -0.25) is 0 Å². The van der Waals surface area contributed by atoms with Crippen molar-refractivity contribution >= 4 is 33.1 Å². The third kappa shape index (κ3) is 5.10. The molecule has 0 saturated heterocycles. The van der Waals surface area contributed by atoms with Gasteiger partial charge < -0.3 is 4.74 Å². The second-order valence-electron chi connectivity index (χ2n) is 7.00. The van der Waals surface area contributed by atoms with Crippen LogP contribution < -0.4 is 9.88 Å². The molecule has 33 heavy (non-hydrogen) atoms. The number of methoxy groups -OCH3 is 1. The van der Waals surface area contributed by atoms with Crippen molar-refractivity contribution in [3.63, 3.8) is 0 Å². The number of benzene rings is 2. The lowest BCUT2D eigenvalue weighted by Crippen LogP contribution is -2.19. The monoisotopic (exact) mass is 493 g/mol. The average Bonchev–Trinajstić information content (AvgIpc) is 3.37. The molecule has 2 aromatic heterocycles. The summed E-state index contributed by atoms with van der Waals surface area (Å²) < 4.78 is 29.2. The zero-order valence-electron chi connectivity index (χ0n) is 17.5. The first-order chi connectivity index (χ1) is 15.9. The largest absolute Gasteiger partial charge is 0.497 e. The van der Waals surface area contributed by atoms with Crippen molar-refractivity contribution < 1.29 is 13.2 Å². The second kappa shape index (κ2) is 9.77. The van der Waals surface area contributed by atoms with Crippen molar-refractivity contribution in [1.82, 2.24) is 4.98 Å². The van der Waals surface area contributed by atoms with Gasteiger partial charge in [-0.05, 0) is 40.8 Å². The summed E-state index contributed by atoms with van der Waals surface area (Å²) in [6, 6.07) is 23.9. The van der Waals surface area contributed by atoms with Gasteiger partial charge in [0.05, 0.1) is 23.2 Å². The Balaban J connectivity index is 1.91. The normalized spacial score (nSPS) is 12.2. The molecule has 0 fully saturated rings. The third-order valence-corrected chi connectivity index (χ3v) is 8.72. The summed E-state index contributed by atoms with van der Waals surface area (Å²) in [5.41, 5.74) is 2.90. The van der Waals surface area contributed by atoms with Gasteiger partial charge in [-0.15, -0.1) is 11.3 Å². The molecule has 2 N–H and O–H groups in total. The fraction of sp³-hybridized carbons (Fsp3) is 0.0833. The maximum absolute atomic E-state index is 12.5. The van der Waals surface area contributed by atoms with E-state index in [0.717, 1.165) is 22.2 Å². The van der Waals surface area contributed by atoms with E-state index in [1.54, 1.807) is 37.4 Å². The first-order valence-electron chi connectivity index (χ1n) is 9.77. The molecular formula is C24H19N3O3S3. The first-order valence-corrected chi connectivity index (χ1v) is 13.1. The summed E-state index contributed by atoms with van der Waals surface area (Å²) in [5, 5.41) is 17.9. The zero-order valence-corrected chi connectivity index (χ0v) is 20.0. The number of ether oxygens (including phenoxy) is 1. The molecular weight excluding hydrogens is 474 g/mol. The van der Waals surface area contributed by atoms with Gasteiger partial charge in [0.1, 0.15) is 16.8 Å². The molecule has 0 aliphatic heterocycles. The molecule has 0 spiro atoms. The Labute approximate surface area is 200 Å². The summed E-state index contributed by atoms with van der Waals surface area (Å²) in [4.78, 5) is 5.60. The molecule has 1 atom stereocenters. The van der Waals surface area contributed by atoms with Crippen LogP contribution in [0.15, 0.2) is 83.2 Å². The minimum Gasteiger partial charge on any atom is -0.497 e. The number of thioether (sulfide) groups is 1. The third-order valence-electron chi connectivity index (χ3n) is 4.86. The number of thiophene rings is 1. The van der Waals surface area contributed by atoms with E-state index < -0.39 is 14.6 Å². The van der Waals surface area contributed by atoms with Crippen molar-refractivity contribution in [2.45, 2.75) is 9.61 Å². The summed E-state index contributed by atoms with van der Waals surface area (Å²) >= 11 is 2.47. The van der Waals surface area contributed by atoms with Crippen LogP contribution in [-0.4, -0.2) is 20.5 Å². The van der Waals surface area contributed by atoms with Crippen LogP contribution >= 0.6 is 23.1 Å². The lowest BCUT2D eigenvalue weighted by atomic mass is 10.0. The van der Waals surface area contributed by atoms with Crippen LogP contribution in [0.2, 0.25) is 0 Å². The van der Waals surface area contributed by atoms with Crippen LogP contribution in [0.1, 0.15) is 15.7 Å². The number of nitrogens with two attached hydrogens (primary N) is 1. The van der Waals surface area contributed by atoms with Gasteiger partial charge in [0.15, 0.2) is 4.58 Å². The van der Waals surface area contributed by atoms with Crippen LogP contribution in [0, 0.1) is 11.3 Å². The smallest absolute Gasteiger partial charge is 0.226 e. The first kappa shape index (κ1) is 23.0. The van der Waals surface area contributed by atoms with E-state index >= 15 is 0 Å². The minimum atomic E-state index is -3.99. The van der Waals surface area contributed by atoms with E-state index in [2.05, 4.69) is 6.07 Å². The topological polar surface area (TPSA) is 106 Å². The number of hydrogen-bond acceptors (Lipinski definition) is 7. The molecule has 0 saturated carbocycles. The summed E-state index contributed by atoms with van der Waals surface area (Å²) in [7, 11) is -2.41. The summed E-state index contributed by atoms with van der Waals surface area (Å²) in [6.07, 6.45) is 0. The van der Waals surface area contributed by atoms with Crippen LogP contribution in [0.25, 0.3) is 21.7 Å². The van der Waals surface area contributed by atoms with Gasteiger partial charge in [0, 0.05) is 5.56 Å². The maximum Gasteiger partial charge on any atom is 0.226 e. The van der Waals surface area contributed by atoms with Crippen molar-refractivity contribution in [2.24, 2.45) is 5.14 Å². The Morgan fingerprint density at radius 2 is 1.82 bits per heavy atom. The van der Waals surface area contributed by atoms with Gasteiger partial charge in [-0.2, -0.15) is 5.26 Å². The molecule has 0 amide bonds. The van der Waals surface area contributed by atoms with Crippen molar-refractivity contribution in [1.29, 1.82) is 5.26 Å². The zero-order chi connectivity index (χ0) is 23.4. The number of rotatable bonds is 7. The van der Waals surface area contributed by atoms with Gasteiger partial charge in [0.25, 0.3) is 0 Å². The standard InChI is InChI=1S/C24H19N3O3S3/c1-30-18-11-9-16(10-12-18)19-14-21(22-8-5-13-31-22)27-23(20(19)15-25)32-24(33(26,28)29)17-6-3-2-4-7-17/h2-14,24H,1H3,(H2,26,28,29). The molecule has 166 valence electrons. The predicted octanol–water partition coefficient (Wildman–Crippen LogP) is 5.44. The van der Waals surface area contributed by atoms with E-state index in [0.29, 0.717) is 27.6 Å². The van der Waals surface area contributed by atoms with Gasteiger partial charge in [-0.1, -0.05) is 60.3 Å². The molecule has 0 aliphatic carbocycles. The number of pyridine rings is 1. The second-order valence-corrected chi connectivity index (χ2v) is 11.0. The van der Waals surface area contributed by atoms with Crippen LogP contribution in [0.5, 0.6) is 5.75 Å². The number of sulfonamides is 1. The summed E-state index contributed by atoms with van der Waals surface area (Å²) in [6.45, 7) is 0. The van der Waals surface area contributed by atoms with E-state index in [1.807, 2.05) is 47.8 Å². The lowest BCUT2D eigenvalue weighted by molar-refractivity contribution is 0.415. The molecule has 6 nitrogen and oxygen atoms in total. The van der Waals surface area contributed by atoms with Gasteiger partial charge >= 0.3 is 0 Å². The Morgan fingerprint density at radius 3 is 2.39 bits per heavy atom. The number of aromatic nitrogens is 1. The Hall–Kier alpha value is -3.16. The highest BCUT2D eigenvalue weighted by Gasteiger charge is 2.28. The van der Waals surface area contributed by atoms with Crippen molar-refractivity contribution in [3.05, 3.63) is 89.3 Å². The summed E-state index contributed by atoms with van der Waals surface area (Å²) in [5.74, 6) is 0.692. The van der Waals surface area contributed by atoms with Gasteiger partial charge in [0.2, 0.25) is 10.0 Å². The minimum absolute atomic E-state index is 0.287. The van der Waals surface area contributed by atoms with Gasteiger partial charge in [-0.25, -0.2) is 18.5 Å². The van der Waals surface area contributed by atoms with Crippen molar-refractivity contribution in [2.75, 3.05) is 7.11 Å². The number of nitrogens with zero attached hydrogens (tertiary/aromatic N) is 2. The molecule has 0 aliphatic rings. The highest BCUT2D eigenvalue weighted by atomic mass is 32.3. The fourth-order valence-electron chi connectivity index (χ4n) is 3.30. The molecule has 0 bridgehead atoms. The Bertz CT molecular complexity index is 1400. The number of nitriles is 1. The van der Waals surface area contributed by atoms with E-state index in [4.69, 9.17) is 14.9 Å². The maximum atomic E-state index is 12.5. The molecule has 4 aromatic rings. The molecule has 1 unspecified atom stereocenters. The molecule has 0 radical (unpaired) electrons. The van der Waals surface area contributed by atoms with Crippen molar-refractivity contribution in [3.8, 4) is 33.5 Å². The number of primary sulfonamides is 1. The van der Waals surface area contributed by atoms with E-state index in [1.165, 1.54) is 11.3 Å². The lowest BCUT2D eigenvalue weighted by Gasteiger charge is -2.17. The molecule has 2 aromatic carbocycles. The molecule has 2 heterocycles. The Morgan fingerprint density at radius 1 is 1.09 bits per heavy atom. The average molecular weight is 494 g/mol. The quantitative estimate of drug-likeness (QED) is 0.344. The molecule has 9 heteroatoms.